The molecule has 3 rings (SSSR count). The molecule has 1 heterocycles. The molecule has 0 radical (unpaired) electrons. The number of rotatable bonds is 8. The van der Waals surface area contributed by atoms with Gasteiger partial charge in [0.05, 0.1) is 34.0 Å². The summed E-state index contributed by atoms with van der Waals surface area (Å²) in [7, 11) is 0. The van der Waals surface area contributed by atoms with Crippen LogP contribution in [0.25, 0.3) is 0 Å². The largest absolute Gasteiger partial charge is 0.494 e. The van der Waals surface area contributed by atoms with Crippen molar-refractivity contribution in [1.82, 2.24) is 5.32 Å². The molecular weight excluding hydrogens is 432 g/mol. The molecule has 2 aromatic carbocycles. The zero-order valence-electron chi connectivity index (χ0n) is 17.2. The van der Waals surface area contributed by atoms with Gasteiger partial charge in [-0.3, -0.25) is 19.7 Å². The van der Waals surface area contributed by atoms with E-state index in [9.17, 15) is 25.0 Å². The van der Waals surface area contributed by atoms with E-state index in [1.54, 1.807) is 36.4 Å². The third-order valence-electron chi connectivity index (χ3n) is 4.66. The van der Waals surface area contributed by atoms with Crippen LogP contribution in [0.3, 0.4) is 0 Å². The Bertz CT molecular complexity index is 1110. The fourth-order valence-electron chi connectivity index (χ4n) is 3.28. The Balaban J connectivity index is 1.75. The lowest BCUT2D eigenvalue weighted by molar-refractivity contribution is -0.385. The van der Waals surface area contributed by atoms with Crippen molar-refractivity contribution in [2.75, 3.05) is 17.7 Å². The van der Waals surface area contributed by atoms with Gasteiger partial charge in [-0.1, -0.05) is 30.0 Å². The number of hydrogen-bond donors (Lipinski definition) is 2. The first-order chi connectivity index (χ1) is 15.4. The van der Waals surface area contributed by atoms with Crippen molar-refractivity contribution in [3.05, 3.63) is 74.8 Å². The number of hydrogen-bond acceptors (Lipinski definition) is 7. The molecule has 2 amide bonds. The fraction of sp³-hybridized carbons (Fsp3) is 0.227. The van der Waals surface area contributed by atoms with Crippen LogP contribution in [-0.4, -0.2) is 29.1 Å². The van der Waals surface area contributed by atoms with Crippen molar-refractivity contribution in [2.45, 2.75) is 19.3 Å². The molecule has 0 aliphatic carbocycles. The number of nitriles is 1. The summed E-state index contributed by atoms with van der Waals surface area (Å²) in [6.07, 6.45) is -0.0871. The van der Waals surface area contributed by atoms with E-state index in [0.29, 0.717) is 23.6 Å². The van der Waals surface area contributed by atoms with E-state index < -0.39 is 10.8 Å². The molecule has 1 aliphatic heterocycles. The van der Waals surface area contributed by atoms with Crippen LogP contribution in [0.4, 0.5) is 11.4 Å². The van der Waals surface area contributed by atoms with Gasteiger partial charge in [-0.2, -0.15) is 5.26 Å². The highest BCUT2D eigenvalue weighted by molar-refractivity contribution is 8.03. The molecule has 1 aliphatic rings. The first-order valence-electron chi connectivity index (χ1n) is 9.75. The zero-order chi connectivity index (χ0) is 23.1. The van der Waals surface area contributed by atoms with Gasteiger partial charge in [0.15, 0.2) is 0 Å². The van der Waals surface area contributed by atoms with E-state index in [2.05, 4.69) is 16.7 Å². The predicted molar refractivity (Wildman–Crippen MR) is 120 cm³/mol. The van der Waals surface area contributed by atoms with Gasteiger partial charge in [-0.05, 0) is 31.2 Å². The molecular formula is C22H20N4O5S. The summed E-state index contributed by atoms with van der Waals surface area (Å²) in [5.41, 5.74) is 0.912. The van der Waals surface area contributed by atoms with Gasteiger partial charge < -0.3 is 15.4 Å². The molecule has 2 N–H and O–H groups in total. The molecule has 164 valence electrons. The van der Waals surface area contributed by atoms with Gasteiger partial charge in [0.1, 0.15) is 5.75 Å². The number of benzene rings is 2. The van der Waals surface area contributed by atoms with Crippen molar-refractivity contribution in [1.29, 1.82) is 5.26 Å². The molecule has 0 saturated carbocycles. The Hall–Kier alpha value is -3.84. The number of nitro benzene ring substituents is 1. The van der Waals surface area contributed by atoms with E-state index >= 15 is 0 Å². The Morgan fingerprint density at radius 3 is 2.69 bits per heavy atom. The number of allylic oxidation sites excluding steroid dienone is 1. The van der Waals surface area contributed by atoms with Crippen molar-refractivity contribution in [3.8, 4) is 11.8 Å². The minimum atomic E-state index is -0.757. The molecule has 0 unspecified atom stereocenters. The minimum absolute atomic E-state index is 0.0579. The third kappa shape index (κ3) is 5.44. The Morgan fingerprint density at radius 2 is 2.03 bits per heavy atom. The van der Waals surface area contributed by atoms with E-state index in [0.717, 1.165) is 11.8 Å². The fourth-order valence-corrected chi connectivity index (χ4v) is 4.16. The topological polar surface area (TPSA) is 134 Å². The average molecular weight is 452 g/mol. The molecule has 9 nitrogen and oxygen atoms in total. The number of carbonyl (C=O) groups excluding carboxylic acids is 2. The number of para-hydroxylation sites is 1. The van der Waals surface area contributed by atoms with Crippen LogP contribution in [0.5, 0.6) is 5.75 Å². The number of anilines is 1. The maximum Gasteiger partial charge on any atom is 0.273 e. The minimum Gasteiger partial charge on any atom is -0.494 e. The maximum atomic E-state index is 12.4. The second kappa shape index (κ2) is 10.5. The second-order valence-electron chi connectivity index (χ2n) is 6.77. The number of nitrogens with zero attached hydrogens (tertiary/aromatic N) is 2. The normalized spacial score (nSPS) is 15.5. The van der Waals surface area contributed by atoms with E-state index in [1.807, 2.05) is 6.92 Å². The molecule has 0 saturated heterocycles. The Kier molecular flexibility index (Phi) is 7.46. The number of amides is 2. The summed E-state index contributed by atoms with van der Waals surface area (Å²) >= 11 is 1.00. The van der Waals surface area contributed by atoms with Gasteiger partial charge in [-0.15, -0.1) is 0 Å². The standard InChI is InChI=1S/C22H20N4O5S/c1-2-31-15-9-7-14(8-10-15)24-21(28)13-32-22-18(12-23)17(11-20(27)25-22)16-5-3-4-6-19(16)26(29)30/h3-10,17H,2,11,13H2,1H3,(H,24,28)(H,25,27)/t17-/m1/s1. The van der Waals surface area contributed by atoms with Crippen LogP contribution < -0.4 is 15.4 Å². The Morgan fingerprint density at radius 1 is 1.31 bits per heavy atom. The van der Waals surface area contributed by atoms with Crippen molar-refractivity contribution in [3.63, 3.8) is 0 Å². The molecule has 0 aromatic heterocycles. The summed E-state index contributed by atoms with van der Waals surface area (Å²) in [6, 6.07) is 15.0. The van der Waals surface area contributed by atoms with Crippen LogP contribution in [0.1, 0.15) is 24.8 Å². The van der Waals surface area contributed by atoms with Gasteiger partial charge in [-0.25, -0.2) is 0 Å². The van der Waals surface area contributed by atoms with Crippen molar-refractivity contribution in [2.24, 2.45) is 0 Å². The number of nitrogens with one attached hydrogen (secondary N) is 2. The van der Waals surface area contributed by atoms with Gasteiger partial charge >= 0.3 is 0 Å². The highest BCUT2D eigenvalue weighted by Crippen LogP contribution is 2.39. The molecule has 1 atom stereocenters. The van der Waals surface area contributed by atoms with Crippen LogP contribution in [0, 0.1) is 21.4 Å². The van der Waals surface area contributed by atoms with Gasteiger partial charge in [0.25, 0.3) is 5.69 Å². The highest BCUT2D eigenvalue weighted by Gasteiger charge is 2.33. The number of nitro groups is 1. The summed E-state index contributed by atoms with van der Waals surface area (Å²) < 4.78 is 5.36. The van der Waals surface area contributed by atoms with E-state index in [4.69, 9.17) is 4.74 Å². The summed E-state index contributed by atoms with van der Waals surface area (Å²) in [6.45, 7) is 2.42. The zero-order valence-corrected chi connectivity index (χ0v) is 18.0. The number of ether oxygens (including phenoxy) is 1. The summed E-state index contributed by atoms with van der Waals surface area (Å²) in [4.78, 5) is 35.5. The monoisotopic (exact) mass is 452 g/mol. The lowest BCUT2D eigenvalue weighted by Gasteiger charge is -2.24. The predicted octanol–water partition coefficient (Wildman–Crippen LogP) is 3.70. The summed E-state index contributed by atoms with van der Waals surface area (Å²) in [5.74, 6) is -0.827. The first-order valence-corrected chi connectivity index (χ1v) is 10.7. The highest BCUT2D eigenvalue weighted by atomic mass is 32.2. The maximum absolute atomic E-state index is 12.4. The molecule has 32 heavy (non-hydrogen) atoms. The third-order valence-corrected chi connectivity index (χ3v) is 5.68. The van der Waals surface area contributed by atoms with Crippen molar-refractivity contribution < 1.29 is 19.2 Å². The average Bonchev–Trinajstić information content (AvgIpc) is 2.78. The van der Waals surface area contributed by atoms with Crippen LogP contribution in [-0.2, 0) is 9.59 Å². The van der Waals surface area contributed by atoms with E-state index in [-0.39, 0.29) is 40.3 Å². The first kappa shape index (κ1) is 22.8. The molecule has 0 fully saturated rings. The lowest BCUT2D eigenvalue weighted by Crippen LogP contribution is -2.31. The molecule has 0 spiro atoms. The quantitative estimate of drug-likeness (QED) is 0.460. The number of thioether (sulfide) groups is 1. The smallest absolute Gasteiger partial charge is 0.273 e. The van der Waals surface area contributed by atoms with Crippen LogP contribution in [0.2, 0.25) is 0 Å². The van der Waals surface area contributed by atoms with Gasteiger partial charge in [0.2, 0.25) is 11.8 Å². The Labute approximate surface area is 188 Å². The number of carbonyl (C=O) groups is 2. The molecule has 2 aromatic rings. The van der Waals surface area contributed by atoms with Gasteiger partial charge in [0, 0.05) is 29.7 Å². The van der Waals surface area contributed by atoms with Crippen LogP contribution in [0.15, 0.2) is 59.1 Å². The SMILES string of the molecule is CCOc1ccc(NC(=O)CSC2=C(C#N)[C@@H](c3ccccc3[N+](=O)[O-])CC(=O)N2)cc1. The summed E-state index contributed by atoms with van der Waals surface area (Å²) in [5, 5.41) is 26.7. The van der Waals surface area contributed by atoms with Crippen LogP contribution >= 0.6 is 11.8 Å². The molecule has 0 bridgehead atoms. The second-order valence-corrected chi connectivity index (χ2v) is 7.76. The lowest BCUT2D eigenvalue weighted by atomic mass is 9.86. The van der Waals surface area contributed by atoms with Crippen molar-refractivity contribution >= 4 is 35.0 Å². The molecule has 10 heteroatoms. The van der Waals surface area contributed by atoms with E-state index in [1.165, 1.54) is 12.1 Å².